The highest BCUT2D eigenvalue weighted by Crippen LogP contribution is 2.26. The van der Waals surface area contributed by atoms with Crippen molar-refractivity contribution < 1.29 is 23.8 Å². The Bertz CT molecular complexity index is 851. The average Bonchev–Trinajstić information content (AvgIpc) is 2.78. The van der Waals surface area contributed by atoms with Gasteiger partial charge in [0.2, 0.25) is 0 Å². The van der Waals surface area contributed by atoms with Gasteiger partial charge in [-0.15, -0.1) is 0 Å². The number of amides is 2. The zero-order valence-corrected chi connectivity index (χ0v) is 17.6. The molecule has 3 rings (SSSR count). The summed E-state index contributed by atoms with van der Waals surface area (Å²) in [5.74, 6) is 1.51. The van der Waals surface area contributed by atoms with Gasteiger partial charge >= 0.3 is 0 Å². The van der Waals surface area contributed by atoms with Crippen LogP contribution in [0, 0.1) is 0 Å². The molecule has 7 nitrogen and oxygen atoms in total. The van der Waals surface area contributed by atoms with Gasteiger partial charge in [0.15, 0.2) is 24.7 Å². The van der Waals surface area contributed by atoms with E-state index in [1.54, 1.807) is 46.2 Å². The van der Waals surface area contributed by atoms with Crippen LogP contribution in [-0.4, -0.2) is 67.6 Å². The Labute approximate surface area is 181 Å². The van der Waals surface area contributed by atoms with Gasteiger partial charge in [-0.1, -0.05) is 23.7 Å². The van der Waals surface area contributed by atoms with Crippen molar-refractivity contribution in [2.75, 3.05) is 46.0 Å². The van der Waals surface area contributed by atoms with E-state index in [1.165, 1.54) is 0 Å². The Morgan fingerprint density at radius 1 is 0.800 bits per heavy atom. The minimum Gasteiger partial charge on any atom is -0.490 e. The predicted octanol–water partition coefficient (Wildman–Crippen LogP) is 2.87. The summed E-state index contributed by atoms with van der Waals surface area (Å²) in [6.07, 6.45) is 0. The fourth-order valence-electron chi connectivity index (χ4n) is 3.05. The summed E-state index contributed by atoms with van der Waals surface area (Å²) >= 11 is 5.84. The minimum atomic E-state index is -0.120. The first kappa shape index (κ1) is 21.8. The smallest absolute Gasteiger partial charge is 0.260 e. The van der Waals surface area contributed by atoms with Gasteiger partial charge in [-0.3, -0.25) is 9.59 Å². The molecule has 0 bridgehead atoms. The molecule has 0 spiro atoms. The number of nitrogens with zero attached hydrogens (tertiary/aromatic N) is 2. The standard InChI is InChI=1S/C22H25ClN2O5/c1-2-28-19-5-3-4-6-20(19)30-16-22(27)25-13-11-24(12-14-25)21(26)15-29-18-9-7-17(23)8-10-18/h3-10H,2,11-16H2,1H3. The van der Waals surface area contributed by atoms with Crippen LogP contribution in [0.2, 0.25) is 5.02 Å². The van der Waals surface area contributed by atoms with Crippen LogP contribution in [0.5, 0.6) is 17.2 Å². The number of hydrogen-bond acceptors (Lipinski definition) is 5. The number of ether oxygens (including phenoxy) is 3. The molecule has 0 aromatic heterocycles. The molecule has 30 heavy (non-hydrogen) atoms. The molecule has 0 saturated carbocycles. The molecule has 0 N–H and O–H groups in total. The third-order valence-corrected chi connectivity index (χ3v) is 4.91. The van der Waals surface area contributed by atoms with Gasteiger partial charge in [0.1, 0.15) is 5.75 Å². The number of piperazine rings is 1. The Morgan fingerprint density at radius 3 is 1.83 bits per heavy atom. The highest BCUT2D eigenvalue weighted by molar-refractivity contribution is 6.30. The molecule has 1 aliphatic heterocycles. The number of benzene rings is 2. The van der Waals surface area contributed by atoms with Crippen LogP contribution >= 0.6 is 11.6 Å². The van der Waals surface area contributed by atoms with Crippen LogP contribution in [-0.2, 0) is 9.59 Å². The maximum absolute atomic E-state index is 12.5. The highest BCUT2D eigenvalue weighted by atomic mass is 35.5. The zero-order chi connectivity index (χ0) is 21.3. The van der Waals surface area contributed by atoms with Crippen molar-refractivity contribution in [1.82, 2.24) is 9.80 Å². The first-order chi connectivity index (χ1) is 14.6. The Morgan fingerprint density at radius 2 is 1.30 bits per heavy atom. The number of carbonyl (C=O) groups excluding carboxylic acids is 2. The molecule has 2 aromatic rings. The second-order valence-corrected chi connectivity index (χ2v) is 7.11. The van der Waals surface area contributed by atoms with Crippen molar-refractivity contribution >= 4 is 23.4 Å². The molecule has 1 saturated heterocycles. The number of carbonyl (C=O) groups is 2. The van der Waals surface area contributed by atoms with Crippen LogP contribution in [0.25, 0.3) is 0 Å². The van der Waals surface area contributed by atoms with Crippen molar-refractivity contribution in [2.45, 2.75) is 6.92 Å². The van der Waals surface area contributed by atoms with Crippen molar-refractivity contribution in [3.8, 4) is 17.2 Å². The van der Waals surface area contributed by atoms with Gasteiger partial charge in [0, 0.05) is 31.2 Å². The largest absolute Gasteiger partial charge is 0.490 e. The van der Waals surface area contributed by atoms with E-state index in [-0.39, 0.29) is 25.0 Å². The zero-order valence-electron chi connectivity index (χ0n) is 16.9. The molecule has 0 atom stereocenters. The van der Waals surface area contributed by atoms with E-state index >= 15 is 0 Å². The summed E-state index contributed by atoms with van der Waals surface area (Å²) < 4.78 is 16.7. The van der Waals surface area contributed by atoms with Gasteiger partial charge < -0.3 is 24.0 Å². The molecule has 0 unspecified atom stereocenters. The highest BCUT2D eigenvalue weighted by Gasteiger charge is 2.24. The van der Waals surface area contributed by atoms with E-state index in [4.69, 9.17) is 25.8 Å². The van der Waals surface area contributed by atoms with E-state index in [0.717, 1.165) is 0 Å². The molecule has 1 heterocycles. The fourth-order valence-corrected chi connectivity index (χ4v) is 3.17. The summed E-state index contributed by atoms with van der Waals surface area (Å²) in [6.45, 7) is 4.14. The molecule has 2 aromatic carbocycles. The lowest BCUT2D eigenvalue weighted by atomic mass is 10.3. The minimum absolute atomic E-state index is 0.0487. The van der Waals surface area contributed by atoms with Crippen molar-refractivity contribution in [2.24, 2.45) is 0 Å². The SMILES string of the molecule is CCOc1ccccc1OCC(=O)N1CCN(C(=O)COc2ccc(Cl)cc2)CC1. The first-order valence-corrected chi connectivity index (χ1v) is 10.2. The average molecular weight is 433 g/mol. The first-order valence-electron chi connectivity index (χ1n) is 9.85. The van der Waals surface area contributed by atoms with Crippen LogP contribution in [0.15, 0.2) is 48.5 Å². The summed E-state index contributed by atoms with van der Waals surface area (Å²) in [7, 11) is 0. The number of halogens is 1. The van der Waals surface area contributed by atoms with E-state index in [1.807, 2.05) is 19.1 Å². The Kier molecular flexibility index (Phi) is 7.79. The van der Waals surface area contributed by atoms with Crippen LogP contribution < -0.4 is 14.2 Å². The van der Waals surface area contributed by atoms with Crippen LogP contribution in [0.4, 0.5) is 0 Å². The lowest BCUT2D eigenvalue weighted by Crippen LogP contribution is -2.52. The molecule has 8 heteroatoms. The maximum Gasteiger partial charge on any atom is 0.260 e. The molecule has 0 radical (unpaired) electrons. The van der Waals surface area contributed by atoms with Gasteiger partial charge in [-0.25, -0.2) is 0 Å². The van der Waals surface area contributed by atoms with Crippen molar-refractivity contribution in [1.29, 1.82) is 0 Å². The third kappa shape index (κ3) is 6.03. The van der Waals surface area contributed by atoms with Crippen molar-refractivity contribution in [3.63, 3.8) is 0 Å². The second-order valence-electron chi connectivity index (χ2n) is 6.67. The number of para-hydroxylation sites is 2. The quantitative estimate of drug-likeness (QED) is 0.641. The molecular weight excluding hydrogens is 408 g/mol. The van der Waals surface area contributed by atoms with Gasteiger partial charge in [-0.05, 0) is 43.3 Å². The third-order valence-electron chi connectivity index (χ3n) is 4.66. The van der Waals surface area contributed by atoms with Gasteiger partial charge in [-0.2, -0.15) is 0 Å². The molecule has 1 fully saturated rings. The fraction of sp³-hybridized carbons (Fsp3) is 0.364. The monoisotopic (exact) mass is 432 g/mol. The van der Waals surface area contributed by atoms with Crippen LogP contribution in [0.3, 0.4) is 0 Å². The Balaban J connectivity index is 1.41. The molecular formula is C22H25ClN2O5. The number of hydrogen-bond donors (Lipinski definition) is 0. The topological polar surface area (TPSA) is 68.3 Å². The molecule has 0 aliphatic carbocycles. The summed E-state index contributed by atoms with van der Waals surface area (Å²) in [6, 6.07) is 14.1. The Hall–Kier alpha value is -2.93. The normalized spacial score (nSPS) is 13.7. The van der Waals surface area contributed by atoms with Gasteiger partial charge in [0.25, 0.3) is 11.8 Å². The maximum atomic E-state index is 12.5. The molecule has 160 valence electrons. The lowest BCUT2D eigenvalue weighted by Gasteiger charge is -2.34. The predicted molar refractivity (Wildman–Crippen MR) is 113 cm³/mol. The van der Waals surface area contributed by atoms with E-state index in [2.05, 4.69) is 0 Å². The van der Waals surface area contributed by atoms with Crippen molar-refractivity contribution in [3.05, 3.63) is 53.6 Å². The van der Waals surface area contributed by atoms with E-state index in [9.17, 15) is 9.59 Å². The van der Waals surface area contributed by atoms with E-state index in [0.29, 0.717) is 55.1 Å². The number of rotatable bonds is 8. The van der Waals surface area contributed by atoms with Crippen LogP contribution in [0.1, 0.15) is 6.92 Å². The second kappa shape index (κ2) is 10.7. The lowest BCUT2D eigenvalue weighted by molar-refractivity contribution is -0.141. The summed E-state index contributed by atoms with van der Waals surface area (Å²) in [4.78, 5) is 28.2. The summed E-state index contributed by atoms with van der Waals surface area (Å²) in [5.41, 5.74) is 0. The molecule has 1 aliphatic rings. The van der Waals surface area contributed by atoms with Gasteiger partial charge in [0.05, 0.1) is 6.61 Å². The summed E-state index contributed by atoms with van der Waals surface area (Å²) in [5, 5.41) is 0.611. The van der Waals surface area contributed by atoms with E-state index < -0.39 is 0 Å². The molecule has 2 amide bonds.